The summed E-state index contributed by atoms with van der Waals surface area (Å²) in [5.41, 5.74) is 1.37. The van der Waals surface area contributed by atoms with E-state index in [1.54, 1.807) is 13.2 Å². The van der Waals surface area contributed by atoms with Gasteiger partial charge in [-0.15, -0.1) is 0 Å². The van der Waals surface area contributed by atoms with Crippen molar-refractivity contribution in [2.75, 3.05) is 47.4 Å². The molecule has 1 aliphatic rings. The smallest absolute Gasteiger partial charge is 0.246 e. The maximum absolute atomic E-state index is 12.4. The number of nitrogens with zero attached hydrogens (tertiary/aromatic N) is 5. The molecule has 36 heavy (non-hydrogen) atoms. The average molecular weight is 487 g/mol. The summed E-state index contributed by atoms with van der Waals surface area (Å²) in [6.07, 6.45) is 7.78. The summed E-state index contributed by atoms with van der Waals surface area (Å²) in [4.78, 5) is 32.7. The Morgan fingerprint density at radius 2 is 2.14 bits per heavy atom. The van der Waals surface area contributed by atoms with Gasteiger partial charge in [0.15, 0.2) is 17.3 Å². The van der Waals surface area contributed by atoms with Crippen molar-refractivity contribution >= 4 is 29.0 Å². The van der Waals surface area contributed by atoms with E-state index in [-0.39, 0.29) is 18.4 Å². The van der Waals surface area contributed by atoms with Crippen LogP contribution in [-0.4, -0.2) is 84.3 Å². The van der Waals surface area contributed by atoms with E-state index in [9.17, 15) is 4.79 Å². The van der Waals surface area contributed by atoms with Crippen LogP contribution < -0.4 is 9.47 Å². The number of likely N-dealkylation sites (N-methyl/N-ethyl adjacent to an activating group) is 1. The highest BCUT2D eigenvalue weighted by Gasteiger charge is 2.23. The molecule has 1 aromatic carbocycles. The van der Waals surface area contributed by atoms with Crippen LogP contribution in [0.5, 0.6) is 11.5 Å². The zero-order chi connectivity index (χ0) is 25.3. The minimum Gasteiger partial charge on any atom is -0.493 e. The average Bonchev–Trinajstić information content (AvgIpc) is 3.52. The highest BCUT2D eigenvalue weighted by atomic mass is 16.5. The van der Waals surface area contributed by atoms with E-state index in [2.05, 4.69) is 31.8 Å². The Bertz CT molecular complexity index is 1320. The number of methoxy groups -OCH3 is 1. The highest BCUT2D eigenvalue weighted by Crippen LogP contribution is 2.26. The van der Waals surface area contributed by atoms with Gasteiger partial charge in [0, 0.05) is 37.8 Å². The number of para-hydroxylation sites is 2. The number of aliphatic imine (C=N–C) groups is 1. The number of likely N-dealkylation sites (tertiary alicyclic amines) is 1. The molecule has 1 atom stereocenters. The van der Waals surface area contributed by atoms with Crippen LogP contribution >= 0.6 is 0 Å². The van der Waals surface area contributed by atoms with Crippen molar-refractivity contribution in [3.63, 3.8) is 0 Å². The maximum Gasteiger partial charge on any atom is 0.246 e. The molecule has 1 aliphatic heterocycles. The molecule has 0 aliphatic carbocycles. The second kappa shape index (κ2) is 12.0. The first-order valence-electron chi connectivity index (χ1n) is 11.8. The number of ether oxygens (including phenoxy) is 2. The van der Waals surface area contributed by atoms with Gasteiger partial charge < -0.3 is 24.3 Å². The number of aromatic amines is 1. The zero-order valence-electron chi connectivity index (χ0n) is 20.8. The van der Waals surface area contributed by atoms with Gasteiger partial charge >= 0.3 is 0 Å². The number of rotatable bonds is 8. The molecule has 2 aromatic heterocycles. The molecule has 1 unspecified atom stereocenters. The number of hydrogen-bond donors (Lipinski definition) is 1. The number of carbonyl (C=O) groups is 1. The van der Waals surface area contributed by atoms with E-state index in [1.165, 1.54) is 6.33 Å². The number of aromatic nitrogens is 3. The van der Waals surface area contributed by atoms with Crippen molar-refractivity contribution < 1.29 is 14.3 Å². The predicted octanol–water partition coefficient (Wildman–Crippen LogP) is 3.07. The van der Waals surface area contributed by atoms with Gasteiger partial charge in [-0.05, 0) is 44.6 Å². The van der Waals surface area contributed by atoms with Crippen LogP contribution in [0.15, 0.2) is 53.8 Å². The van der Waals surface area contributed by atoms with Crippen molar-refractivity contribution in [1.29, 1.82) is 0 Å². The molecule has 1 amide bonds. The minimum atomic E-state index is 0.0423. The van der Waals surface area contributed by atoms with Crippen LogP contribution in [0, 0.1) is 17.8 Å². The van der Waals surface area contributed by atoms with Gasteiger partial charge in [-0.2, -0.15) is 0 Å². The number of hydrogen-bond acceptors (Lipinski definition) is 7. The first-order valence-corrected chi connectivity index (χ1v) is 11.8. The molecule has 1 fully saturated rings. The number of benzene rings is 1. The normalized spacial score (nSPS) is 15.7. The number of H-pyrrole nitrogens is 1. The molecule has 3 aromatic rings. The minimum absolute atomic E-state index is 0.0423. The Morgan fingerprint density at radius 1 is 1.31 bits per heavy atom. The summed E-state index contributed by atoms with van der Waals surface area (Å²) < 4.78 is 11.0. The Kier molecular flexibility index (Phi) is 8.32. The molecule has 186 valence electrons. The van der Waals surface area contributed by atoms with Crippen LogP contribution in [0.3, 0.4) is 0 Å². The molecule has 1 N–H and O–H groups in total. The standard InChI is InChI=1S/C27H30N6O3/c1-32(2)13-6-11-25(34)33-14-12-20(18-33)17-28-26-22-16-21(31-27(22)30-19-29-26)8-7-15-36-24-10-5-4-9-23(24)35-3/h4-6,9-11,16-17,19-20H,12-15,18H2,1-3H3,(H,29,30,31)/b11-6+,28-17?. The van der Waals surface area contributed by atoms with Gasteiger partial charge in [0.1, 0.15) is 18.6 Å². The van der Waals surface area contributed by atoms with E-state index >= 15 is 0 Å². The highest BCUT2D eigenvalue weighted by molar-refractivity contribution is 5.90. The van der Waals surface area contributed by atoms with E-state index < -0.39 is 0 Å². The third-order valence-corrected chi connectivity index (χ3v) is 5.67. The third kappa shape index (κ3) is 6.49. The van der Waals surface area contributed by atoms with E-state index in [1.807, 2.05) is 66.5 Å². The van der Waals surface area contributed by atoms with Gasteiger partial charge in [0.05, 0.1) is 18.2 Å². The summed E-state index contributed by atoms with van der Waals surface area (Å²) >= 11 is 0. The van der Waals surface area contributed by atoms with Crippen molar-refractivity contribution in [1.82, 2.24) is 24.8 Å². The van der Waals surface area contributed by atoms with Crippen LogP contribution in [0.25, 0.3) is 11.0 Å². The Balaban J connectivity index is 1.37. The molecular weight excluding hydrogens is 456 g/mol. The van der Waals surface area contributed by atoms with Gasteiger partial charge in [-0.1, -0.05) is 24.1 Å². The lowest BCUT2D eigenvalue weighted by atomic mass is 10.1. The second-order valence-electron chi connectivity index (χ2n) is 8.66. The summed E-state index contributed by atoms with van der Waals surface area (Å²) in [7, 11) is 5.55. The van der Waals surface area contributed by atoms with Crippen molar-refractivity contribution in [3.8, 4) is 23.3 Å². The lowest BCUT2D eigenvalue weighted by molar-refractivity contribution is -0.125. The molecule has 4 rings (SSSR count). The number of amides is 1. The topological polar surface area (TPSA) is 95.9 Å². The number of carbonyl (C=O) groups excluding carboxylic acids is 1. The Morgan fingerprint density at radius 3 is 2.94 bits per heavy atom. The quantitative estimate of drug-likeness (QED) is 0.299. The first kappa shape index (κ1) is 24.9. The monoisotopic (exact) mass is 486 g/mol. The molecule has 9 heteroatoms. The fraction of sp³-hybridized carbons (Fsp3) is 0.333. The lowest BCUT2D eigenvalue weighted by Crippen LogP contribution is -2.27. The van der Waals surface area contributed by atoms with E-state index in [0.717, 1.165) is 24.9 Å². The summed E-state index contributed by atoms with van der Waals surface area (Å²) in [5, 5.41) is 0.793. The van der Waals surface area contributed by atoms with Crippen molar-refractivity contribution in [2.24, 2.45) is 10.9 Å². The van der Waals surface area contributed by atoms with Crippen LogP contribution in [0.4, 0.5) is 5.82 Å². The molecule has 9 nitrogen and oxygen atoms in total. The van der Waals surface area contributed by atoms with Gasteiger partial charge in [0.25, 0.3) is 0 Å². The summed E-state index contributed by atoms with van der Waals surface area (Å²) in [5.74, 6) is 8.18. The first-order chi connectivity index (χ1) is 17.5. The molecule has 0 saturated carbocycles. The van der Waals surface area contributed by atoms with Crippen molar-refractivity contribution in [3.05, 3.63) is 54.5 Å². The number of nitrogens with one attached hydrogen (secondary N) is 1. The molecule has 0 bridgehead atoms. The SMILES string of the molecule is COc1ccccc1OCC#Cc1cc2c(N=CC3CCN(C(=O)/C=C/CN(C)C)C3)ncnc2[nH]1. The largest absolute Gasteiger partial charge is 0.493 e. The lowest BCUT2D eigenvalue weighted by Gasteiger charge is -2.13. The fourth-order valence-electron chi connectivity index (χ4n) is 3.84. The molecule has 1 saturated heterocycles. The Labute approximate surface area is 210 Å². The van der Waals surface area contributed by atoms with Crippen molar-refractivity contribution in [2.45, 2.75) is 6.42 Å². The van der Waals surface area contributed by atoms with Crippen LogP contribution in [0.2, 0.25) is 0 Å². The zero-order valence-corrected chi connectivity index (χ0v) is 20.8. The number of fused-ring (bicyclic) bond motifs is 1. The maximum atomic E-state index is 12.4. The second-order valence-corrected chi connectivity index (χ2v) is 8.66. The van der Waals surface area contributed by atoms with Gasteiger partial charge in [0.2, 0.25) is 5.91 Å². The van der Waals surface area contributed by atoms with Gasteiger partial charge in [-0.3, -0.25) is 4.79 Å². The molecule has 3 heterocycles. The summed E-state index contributed by atoms with van der Waals surface area (Å²) in [6.45, 7) is 2.33. The molecule has 0 spiro atoms. The van der Waals surface area contributed by atoms with Crippen LogP contribution in [-0.2, 0) is 4.79 Å². The summed E-state index contributed by atoms with van der Waals surface area (Å²) in [6, 6.07) is 9.33. The molecule has 0 radical (unpaired) electrons. The van der Waals surface area contributed by atoms with Gasteiger partial charge in [-0.25, -0.2) is 15.0 Å². The van der Waals surface area contributed by atoms with E-state index in [0.29, 0.717) is 35.2 Å². The third-order valence-electron chi connectivity index (χ3n) is 5.67. The van der Waals surface area contributed by atoms with Crippen LogP contribution in [0.1, 0.15) is 12.1 Å². The Hall–Kier alpha value is -4.16. The molecular formula is C27H30N6O3. The van der Waals surface area contributed by atoms with E-state index in [4.69, 9.17) is 9.47 Å². The fourth-order valence-corrected chi connectivity index (χ4v) is 3.84. The predicted molar refractivity (Wildman–Crippen MR) is 140 cm³/mol.